The summed E-state index contributed by atoms with van der Waals surface area (Å²) in [6, 6.07) is 10.1. The van der Waals surface area contributed by atoms with Gasteiger partial charge in [-0.2, -0.15) is 0 Å². The second kappa shape index (κ2) is 5.93. The van der Waals surface area contributed by atoms with Crippen LogP contribution >= 0.6 is 47.8 Å². The van der Waals surface area contributed by atoms with Crippen LogP contribution in [0.15, 0.2) is 65.8 Å². The van der Waals surface area contributed by atoms with E-state index in [1.807, 2.05) is 6.07 Å². The Labute approximate surface area is 158 Å². The van der Waals surface area contributed by atoms with Gasteiger partial charge in [-0.1, -0.05) is 2.10 Å². The monoisotopic (exact) mass is 437 g/mol. The summed E-state index contributed by atoms with van der Waals surface area (Å²) >= 11 is 4.24. The van der Waals surface area contributed by atoms with E-state index in [-0.39, 0.29) is 4.90 Å². The predicted molar refractivity (Wildman–Crippen MR) is 97.0 cm³/mol. The van der Waals surface area contributed by atoms with Gasteiger partial charge in [0.2, 0.25) is 10.0 Å². The van der Waals surface area contributed by atoms with Gasteiger partial charge in [0.1, 0.15) is 0 Å². The summed E-state index contributed by atoms with van der Waals surface area (Å²) in [4.78, 5) is 4.24. The molecular weight excluding hydrogens is 429 g/mol. The molecule has 4 rings (SSSR count). The van der Waals surface area contributed by atoms with Crippen LogP contribution in [0.3, 0.4) is 0 Å². The molecule has 0 fully saturated rings. The van der Waals surface area contributed by atoms with E-state index < -0.39 is 21.1 Å². The molecule has 6 nitrogen and oxygen atoms in total. The van der Waals surface area contributed by atoms with E-state index in [2.05, 4.69) is 0 Å². The number of benzene rings is 2. The fourth-order valence-corrected chi connectivity index (χ4v) is 9.67. The second-order valence-electron chi connectivity index (χ2n) is 4.82. The number of quaternary nitrogens is 1. The summed E-state index contributed by atoms with van der Waals surface area (Å²) in [5.74, 6) is 0. The molecular formula is C12H9N2O4S6+. The number of sulfonamides is 1. The van der Waals surface area contributed by atoms with E-state index in [4.69, 9.17) is 5.14 Å². The molecule has 2 aliphatic heterocycles. The van der Waals surface area contributed by atoms with Gasteiger partial charge in [0.25, 0.3) is 0 Å². The maximum atomic E-state index is 11.5. The molecule has 0 aliphatic carbocycles. The average molecular weight is 438 g/mol. The van der Waals surface area contributed by atoms with E-state index >= 15 is 0 Å². The first-order valence-corrected chi connectivity index (χ1v) is 12.1. The molecule has 126 valence electrons. The Balaban J connectivity index is 1.66. The van der Waals surface area contributed by atoms with Crippen LogP contribution in [0.4, 0.5) is 0 Å². The molecule has 2 aromatic rings. The van der Waals surface area contributed by atoms with Crippen LogP contribution in [-0.2, 0) is 21.1 Å². The molecule has 0 aromatic heterocycles. The SMILES string of the molecule is NS(=O)(=O)c1ccc2c(c1)S[N+]1(Sc3ccc(S(=O)O)cc3S1)S2. The first kappa shape index (κ1) is 17.2. The summed E-state index contributed by atoms with van der Waals surface area (Å²) in [7, 11) is -3.73. The highest BCUT2D eigenvalue weighted by molar-refractivity contribution is 8.31. The van der Waals surface area contributed by atoms with Gasteiger partial charge >= 0.3 is 0 Å². The van der Waals surface area contributed by atoms with Crippen LogP contribution < -0.4 is 5.14 Å². The Hall–Kier alpha value is -0.180. The molecule has 2 heterocycles. The molecule has 2 unspecified atom stereocenters. The number of nitrogens with zero attached hydrogens (tertiary/aromatic N) is 1. The van der Waals surface area contributed by atoms with Gasteiger partial charge in [-0.25, -0.2) is 17.8 Å². The third-order valence-corrected chi connectivity index (χ3v) is 10.8. The maximum Gasteiger partial charge on any atom is 0.238 e. The van der Waals surface area contributed by atoms with Crippen molar-refractivity contribution in [3.8, 4) is 0 Å². The van der Waals surface area contributed by atoms with Crippen molar-refractivity contribution in [2.75, 3.05) is 0 Å². The average Bonchev–Trinajstić information content (AvgIpc) is 3.02. The Morgan fingerprint density at radius 2 is 1.46 bits per heavy atom. The molecule has 0 amide bonds. The van der Waals surface area contributed by atoms with Crippen molar-refractivity contribution in [1.82, 2.24) is 0 Å². The van der Waals surface area contributed by atoms with Crippen molar-refractivity contribution in [3.05, 3.63) is 36.4 Å². The minimum atomic E-state index is -3.73. The zero-order valence-electron chi connectivity index (χ0n) is 11.6. The second-order valence-corrected chi connectivity index (χ2v) is 13.4. The van der Waals surface area contributed by atoms with E-state index in [0.29, 0.717) is 7.00 Å². The Morgan fingerprint density at radius 1 is 0.917 bits per heavy atom. The van der Waals surface area contributed by atoms with Crippen molar-refractivity contribution in [1.29, 1.82) is 0 Å². The zero-order valence-corrected chi connectivity index (χ0v) is 16.5. The number of hydrogen-bond acceptors (Lipinski definition) is 7. The van der Waals surface area contributed by atoms with Crippen LogP contribution in [-0.4, -0.2) is 19.3 Å². The van der Waals surface area contributed by atoms with E-state index in [1.165, 1.54) is 18.0 Å². The molecule has 0 saturated carbocycles. The minimum absolute atomic E-state index is 0.0964. The quantitative estimate of drug-likeness (QED) is 0.419. The van der Waals surface area contributed by atoms with E-state index in [1.54, 1.807) is 60.1 Å². The first-order valence-electron chi connectivity index (χ1n) is 6.35. The molecule has 2 aliphatic rings. The Morgan fingerprint density at radius 3 is 2.04 bits per heavy atom. The topological polar surface area (TPSA) is 97.5 Å². The fourth-order valence-electron chi connectivity index (χ4n) is 2.15. The number of fused-ring (bicyclic) bond motifs is 2. The lowest BCUT2D eigenvalue weighted by atomic mass is 10.4. The third kappa shape index (κ3) is 3.04. The van der Waals surface area contributed by atoms with Gasteiger partial charge in [-0.05, 0) is 36.4 Å². The Kier molecular flexibility index (Phi) is 4.26. The van der Waals surface area contributed by atoms with Gasteiger partial charge in [-0.3, -0.25) is 0 Å². The summed E-state index contributed by atoms with van der Waals surface area (Å²) in [6.45, 7) is 0. The minimum Gasteiger partial charge on any atom is -0.302 e. The van der Waals surface area contributed by atoms with Gasteiger partial charge in [-0.15, -0.1) is 0 Å². The summed E-state index contributed by atoms with van der Waals surface area (Å²) in [5, 5.41) is 5.20. The smallest absolute Gasteiger partial charge is 0.238 e. The van der Waals surface area contributed by atoms with Crippen molar-refractivity contribution >= 4 is 68.9 Å². The number of hydrogen-bond donors (Lipinski definition) is 2. The summed E-state index contributed by atoms with van der Waals surface area (Å²) in [6.07, 6.45) is 0. The highest BCUT2D eigenvalue weighted by Gasteiger charge is 2.51. The largest absolute Gasteiger partial charge is 0.302 e. The number of nitrogens with two attached hydrogens (primary N) is 1. The predicted octanol–water partition coefficient (Wildman–Crippen LogP) is 3.49. The van der Waals surface area contributed by atoms with Gasteiger partial charge in [0.15, 0.2) is 58.9 Å². The lowest BCUT2D eigenvalue weighted by Crippen LogP contribution is -2.11. The number of primary sulfonamides is 1. The van der Waals surface area contributed by atoms with Crippen molar-refractivity contribution in [2.45, 2.75) is 29.4 Å². The highest BCUT2D eigenvalue weighted by atomic mass is 32.3. The molecule has 1 spiro atoms. The van der Waals surface area contributed by atoms with E-state index in [0.717, 1.165) is 19.6 Å². The van der Waals surface area contributed by atoms with Crippen LogP contribution in [0.2, 0.25) is 0 Å². The highest BCUT2D eigenvalue weighted by Crippen LogP contribution is 2.71. The van der Waals surface area contributed by atoms with Crippen LogP contribution in [0.1, 0.15) is 0 Å². The molecule has 3 N–H and O–H groups in total. The molecule has 24 heavy (non-hydrogen) atoms. The van der Waals surface area contributed by atoms with Crippen molar-refractivity contribution in [2.24, 2.45) is 5.14 Å². The van der Waals surface area contributed by atoms with Crippen LogP contribution in [0.5, 0.6) is 0 Å². The number of rotatable bonds is 2. The molecule has 2 atom stereocenters. The zero-order chi connectivity index (χ0) is 17.1. The van der Waals surface area contributed by atoms with Gasteiger partial charge in [0, 0.05) is 0 Å². The Bertz CT molecular complexity index is 995. The molecule has 0 radical (unpaired) electrons. The summed E-state index contributed by atoms with van der Waals surface area (Å²) < 4.78 is 44.0. The summed E-state index contributed by atoms with van der Waals surface area (Å²) in [5.41, 5.74) is 0. The molecule has 12 heteroatoms. The normalized spacial score (nSPS) is 23.2. The molecule has 0 bridgehead atoms. The standard InChI is InChI=1S/C12H8N2O4S6/c13-24(17,18)8-2-4-10-12(6-8)22-14(20-10)19-9-3-1-7(23(15)16)5-11(9)21-14/h1-6H,(H2-,13,15,16,17,18)/p+1. The molecule has 2 aromatic carbocycles. The first-order chi connectivity index (χ1) is 11.3. The van der Waals surface area contributed by atoms with Gasteiger partial charge < -0.3 is 4.55 Å². The maximum absolute atomic E-state index is 11.5. The van der Waals surface area contributed by atoms with Crippen molar-refractivity contribution < 1.29 is 19.3 Å². The van der Waals surface area contributed by atoms with Crippen LogP contribution in [0, 0.1) is 0 Å². The third-order valence-electron chi connectivity index (χ3n) is 3.20. The van der Waals surface area contributed by atoms with E-state index in [9.17, 15) is 17.2 Å². The van der Waals surface area contributed by atoms with Crippen LogP contribution in [0.25, 0.3) is 0 Å². The van der Waals surface area contributed by atoms with Gasteiger partial charge in [0.05, 0.1) is 29.4 Å². The molecule has 0 saturated heterocycles. The lowest BCUT2D eigenvalue weighted by molar-refractivity contribution is -0.267. The lowest BCUT2D eigenvalue weighted by Gasteiger charge is -2.14. The fraction of sp³-hybridized carbons (Fsp3) is 0. The van der Waals surface area contributed by atoms with Crippen molar-refractivity contribution in [3.63, 3.8) is 0 Å².